The topological polar surface area (TPSA) is 26.3 Å². The average molecular weight is 300 g/mol. The molecule has 0 radical (unpaired) electrons. The predicted molar refractivity (Wildman–Crippen MR) is 57.5 cm³/mol. The predicted octanol–water partition coefficient (Wildman–Crippen LogP) is 3.99. The third-order valence-electron chi connectivity index (χ3n) is 2.40. The van der Waals surface area contributed by atoms with E-state index in [4.69, 9.17) is 4.74 Å². The Morgan fingerprint density at radius 1 is 1.15 bits per heavy atom. The van der Waals surface area contributed by atoms with Crippen LogP contribution < -0.4 is 4.74 Å². The first-order valence-corrected chi connectivity index (χ1v) is 5.49. The molecule has 0 saturated heterocycles. The molecule has 0 spiro atoms. The van der Waals surface area contributed by atoms with E-state index in [9.17, 15) is 31.1 Å². The summed E-state index contributed by atoms with van der Waals surface area (Å²) in [7, 11) is 0. The maximum atomic E-state index is 13.2. The summed E-state index contributed by atoms with van der Waals surface area (Å²) in [6.07, 6.45) is -7.26. The Morgan fingerprint density at radius 2 is 1.80 bits per heavy atom. The van der Waals surface area contributed by atoms with Gasteiger partial charge in [0.1, 0.15) is 6.29 Å². The van der Waals surface area contributed by atoms with E-state index in [1.807, 2.05) is 0 Å². The van der Waals surface area contributed by atoms with Crippen molar-refractivity contribution in [3.8, 4) is 5.75 Å². The summed E-state index contributed by atoms with van der Waals surface area (Å²) in [5.41, 5.74) is 0.0991. The van der Waals surface area contributed by atoms with E-state index >= 15 is 0 Å². The Labute approximate surface area is 110 Å². The molecule has 1 aromatic rings. The molecule has 0 aliphatic carbocycles. The largest absolute Gasteiger partial charge is 0.490 e. The molecule has 0 aromatic heterocycles. The molecule has 1 aromatic carbocycles. The lowest BCUT2D eigenvalue weighted by atomic mass is 10.2. The highest BCUT2D eigenvalue weighted by molar-refractivity contribution is 5.75. The summed E-state index contributed by atoms with van der Waals surface area (Å²) in [5.74, 6) is -6.01. The lowest BCUT2D eigenvalue weighted by molar-refractivity contribution is -0.284. The van der Waals surface area contributed by atoms with Crippen LogP contribution in [0.5, 0.6) is 5.75 Å². The standard InChI is InChI=1S/C12H10F6O2/c13-9-3-2-8(7-19)6-10(9)20-5-1-4-11(14,15)12(16,17)18/h2-3,6-7H,1,4-5H2. The molecule has 112 valence electrons. The van der Waals surface area contributed by atoms with Crippen LogP contribution in [0.25, 0.3) is 0 Å². The Hall–Kier alpha value is -1.73. The summed E-state index contributed by atoms with van der Waals surface area (Å²) < 4.78 is 78.6. The van der Waals surface area contributed by atoms with Crippen LogP contribution >= 0.6 is 0 Å². The van der Waals surface area contributed by atoms with Crippen LogP contribution in [-0.2, 0) is 0 Å². The minimum atomic E-state index is -5.62. The van der Waals surface area contributed by atoms with Gasteiger partial charge in [-0.1, -0.05) is 0 Å². The second-order valence-corrected chi connectivity index (χ2v) is 3.96. The maximum Gasteiger partial charge on any atom is 0.453 e. The van der Waals surface area contributed by atoms with Gasteiger partial charge in [-0.2, -0.15) is 22.0 Å². The van der Waals surface area contributed by atoms with Crippen LogP contribution in [0.1, 0.15) is 23.2 Å². The van der Waals surface area contributed by atoms with Crippen LogP contribution in [0.3, 0.4) is 0 Å². The van der Waals surface area contributed by atoms with Crippen LogP contribution in [0.2, 0.25) is 0 Å². The molecule has 0 aliphatic heterocycles. The molecular weight excluding hydrogens is 290 g/mol. The number of halogens is 6. The number of rotatable bonds is 6. The highest BCUT2D eigenvalue weighted by Crippen LogP contribution is 2.38. The van der Waals surface area contributed by atoms with Crippen molar-refractivity contribution in [2.75, 3.05) is 6.61 Å². The highest BCUT2D eigenvalue weighted by atomic mass is 19.4. The van der Waals surface area contributed by atoms with Crippen molar-refractivity contribution in [2.24, 2.45) is 0 Å². The lowest BCUT2D eigenvalue weighted by Crippen LogP contribution is -2.36. The zero-order valence-corrected chi connectivity index (χ0v) is 10.0. The summed E-state index contributed by atoms with van der Waals surface area (Å²) >= 11 is 0. The molecule has 0 amide bonds. The SMILES string of the molecule is O=Cc1ccc(F)c(OCCCC(F)(F)C(F)(F)F)c1. The number of ether oxygens (including phenoxy) is 1. The zero-order chi connectivity index (χ0) is 15.4. The van der Waals surface area contributed by atoms with Gasteiger partial charge in [-0.3, -0.25) is 4.79 Å². The molecule has 2 nitrogen and oxygen atoms in total. The van der Waals surface area contributed by atoms with Gasteiger partial charge in [0, 0.05) is 12.0 Å². The molecular formula is C12H10F6O2. The summed E-state index contributed by atoms with van der Waals surface area (Å²) in [5, 5.41) is 0. The van der Waals surface area contributed by atoms with Gasteiger partial charge in [-0.15, -0.1) is 0 Å². The quantitative estimate of drug-likeness (QED) is 0.451. The molecule has 0 N–H and O–H groups in total. The molecule has 0 aliphatic rings. The number of alkyl halides is 5. The third kappa shape index (κ3) is 4.14. The zero-order valence-electron chi connectivity index (χ0n) is 10.0. The molecule has 20 heavy (non-hydrogen) atoms. The van der Waals surface area contributed by atoms with E-state index < -0.39 is 37.4 Å². The van der Waals surface area contributed by atoms with Gasteiger partial charge < -0.3 is 4.74 Å². The number of carbonyl (C=O) groups is 1. The van der Waals surface area contributed by atoms with Gasteiger partial charge >= 0.3 is 12.1 Å². The molecule has 0 bridgehead atoms. The molecule has 8 heteroatoms. The first-order chi connectivity index (χ1) is 9.17. The lowest BCUT2D eigenvalue weighted by Gasteiger charge is -2.19. The normalized spacial score (nSPS) is 12.3. The minimum absolute atomic E-state index is 0.0991. The second-order valence-electron chi connectivity index (χ2n) is 3.96. The molecule has 0 fully saturated rings. The Balaban J connectivity index is 2.51. The molecule has 0 saturated carbocycles. The van der Waals surface area contributed by atoms with Gasteiger partial charge in [0.05, 0.1) is 6.61 Å². The number of hydrogen-bond donors (Lipinski definition) is 0. The van der Waals surface area contributed by atoms with Gasteiger partial charge in [0.25, 0.3) is 0 Å². The molecule has 0 unspecified atom stereocenters. The number of aldehydes is 1. The summed E-state index contributed by atoms with van der Waals surface area (Å²) in [6, 6.07) is 3.14. The molecule has 1 rings (SSSR count). The average Bonchev–Trinajstić information content (AvgIpc) is 2.35. The molecule has 0 heterocycles. The van der Waals surface area contributed by atoms with Crippen LogP contribution in [0.4, 0.5) is 26.3 Å². The van der Waals surface area contributed by atoms with Crippen molar-refractivity contribution in [3.05, 3.63) is 29.6 Å². The van der Waals surface area contributed by atoms with Crippen molar-refractivity contribution in [1.82, 2.24) is 0 Å². The third-order valence-corrected chi connectivity index (χ3v) is 2.40. The Morgan fingerprint density at radius 3 is 2.35 bits per heavy atom. The fourth-order valence-corrected chi connectivity index (χ4v) is 1.32. The maximum absolute atomic E-state index is 13.2. The number of benzene rings is 1. The first kappa shape index (κ1) is 16.3. The highest BCUT2D eigenvalue weighted by Gasteiger charge is 2.56. The second kappa shape index (κ2) is 6.15. The van der Waals surface area contributed by atoms with Crippen molar-refractivity contribution < 1.29 is 35.9 Å². The van der Waals surface area contributed by atoms with Crippen molar-refractivity contribution in [1.29, 1.82) is 0 Å². The van der Waals surface area contributed by atoms with Gasteiger partial charge in [0.15, 0.2) is 11.6 Å². The van der Waals surface area contributed by atoms with Crippen LogP contribution in [-0.4, -0.2) is 25.0 Å². The Bertz CT molecular complexity index is 470. The monoisotopic (exact) mass is 300 g/mol. The van der Waals surface area contributed by atoms with Crippen molar-refractivity contribution >= 4 is 6.29 Å². The Kier molecular flexibility index (Phi) is 5.02. The number of hydrogen-bond acceptors (Lipinski definition) is 2. The van der Waals surface area contributed by atoms with E-state index in [0.717, 1.165) is 12.1 Å². The van der Waals surface area contributed by atoms with E-state index in [2.05, 4.69) is 0 Å². The van der Waals surface area contributed by atoms with Gasteiger partial charge in [-0.25, -0.2) is 4.39 Å². The van der Waals surface area contributed by atoms with Crippen molar-refractivity contribution in [2.45, 2.75) is 24.9 Å². The smallest absolute Gasteiger partial charge is 0.453 e. The first-order valence-electron chi connectivity index (χ1n) is 5.49. The van der Waals surface area contributed by atoms with Gasteiger partial charge in [-0.05, 0) is 24.6 Å². The fourth-order valence-electron chi connectivity index (χ4n) is 1.32. The van der Waals surface area contributed by atoms with Crippen LogP contribution in [0.15, 0.2) is 18.2 Å². The van der Waals surface area contributed by atoms with Gasteiger partial charge in [0.2, 0.25) is 0 Å². The fraction of sp³-hybridized carbons (Fsp3) is 0.417. The van der Waals surface area contributed by atoms with E-state index in [0.29, 0.717) is 6.29 Å². The molecule has 0 atom stereocenters. The van der Waals surface area contributed by atoms with E-state index in [1.54, 1.807) is 0 Å². The van der Waals surface area contributed by atoms with Crippen molar-refractivity contribution in [3.63, 3.8) is 0 Å². The van der Waals surface area contributed by atoms with Crippen LogP contribution in [0, 0.1) is 5.82 Å². The van der Waals surface area contributed by atoms with E-state index in [1.165, 1.54) is 6.07 Å². The minimum Gasteiger partial charge on any atom is -0.490 e. The van der Waals surface area contributed by atoms with E-state index in [-0.39, 0.29) is 11.3 Å². The number of carbonyl (C=O) groups excluding carboxylic acids is 1. The summed E-state index contributed by atoms with van der Waals surface area (Å²) in [4.78, 5) is 10.4. The summed E-state index contributed by atoms with van der Waals surface area (Å²) in [6.45, 7) is -0.523.